The Morgan fingerprint density at radius 3 is 2.76 bits per heavy atom. The zero-order valence-corrected chi connectivity index (χ0v) is 14.4. The minimum absolute atomic E-state index is 0.0223. The van der Waals surface area contributed by atoms with Gasteiger partial charge in [-0.15, -0.1) is 0 Å². The monoisotopic (exact) mass is 358 g/mol. The number of benzene rings is 1. The lowest BCUT2D eigenvalue weighted by Gasteiger charge is -2.35. The van der Waals surface area contributed by atoms with Gasteiger partial charge in [0, 0.05) is 18.0 Å². The van der Waals surface area contributed by atoms with E-state index in [9.17, 15) is 9.90 Å². The van der Waals surface area contributed by atoms with Crippen molar-refractivity contribution in [3.63, 3.8) is 0 Å². The molecule has 0 atom stereocenters. The molecule has 0 radical (unpaired) electrons. The van der Waals surface area contributed by atoms with Gasteiger partial charge in [-0.1, -0.05) is 23.7 Å². The van der Waals surface area contributed by atoms with Crippen LogP contribution in [0.25, 0.3) is 0 Å². The molecule has 2 aliphatic rings. The fourth-order valence-corrected chi connectivity index (χ4v) is 3.97. The number of nitrogens with zero attached hydrogens (tertiary/aromatic N) is 1. The Balaban J connectivity index is 1.51. The zero-order valence-electron chi connectivity index (χ0n) is 13.7. The molecule has 2 aromatic rings. The summed E-state index contributed by atoms with van der Waals surface area (Å²) in [5.74, 6) is 0.616. The third-order valence-electron chi connectivity index (χ3n) is 5.24. The normalized spacial score (nSPS) is 24.9. The molecule has 5 nitrogen and oxygen atoms in total. The average Bonchev–Trinajstić information content (AvgIpc) is 2.90. The number of amides is 1. The van der Waals surface area contributed by atoms with E-state index in [1.165, 1.54) is 0 Å². The highest BCUT2D eigenvalue weighted by Crippen LogP contribution is 2.48. The summed E-state index contributed by atoms with van der Waals surface area (Å²) in [5, 5.41) is 13.0. The van der Waals surface area contributed by atoms with Crippen molar-refractivity contribution in [2.24, 2.45) is 0 Å². The van der Waals surface area contributed by atoms with Crippen molar-refractivity contribution in [3.8, 4) is 5.88 Å². The first-order chi connectivity index (χ1) is 12.1. The van der Waals surface area contributed by atoms with Crippen molar-refractivity contribution < 1.29 is 14.6 Å². The highest BCUT2D eigenvalue weighted by Gasteiger charge is 2.49. The molecule has 1 saturated carbocycles. The van der Waals surface area contributed by atoms with Crippen LogP contribution in [-0.4, -0.2) is 22.1 Å². The molecule has 0 unspecified atom stereocenters. The molecule has 0 saturated heterocycles. The first kappa shape index (κ1) is 16.4. The minimum Gasteiger partial charge on any atom is -0.474 e. The second-order valence-electron chi connectivity index (χ2n) is 6.71. The summed E-state index contributed by atoms with van der Waals surface area (Å²) >= 11 is 5.84. The summed E-state index contributed by atoms with van der Waals surface area (Å²) in [6.07, 6.45) is 4.61. The molecule has 0 bridgehead atoms. The smallest absolute Gasteiger partial charge is 0.235 e. The standard InChI is InChI=1S/C19H19ClN2O3/c20-13-2-4-17(21-10-13)25-14-5-7-19(8-6-14)15-9-12(11-23)1-3-16(15)22-18(19)24/h1-4,9-10,14,23H,5-8,11H2,(H,22,24). The Morgan fingerprint density at radius 1 is 1.28 bits per heavy atom. The molecular formula is C19H19ClN2O3. The van der Waals surface area contributed by atoms with Crippen molar-refractivity contribution in [3.05, 3.63) is 52.7 Å². The van der Waals surface area contributed by atoms with Crippen molar-refractivity contribution in [2.75, 3.05) is 5.32 Å². The quantitative estimate of drug-likeness (QED) is 0.881. The predicted octanol–water partition coefficient (Wildman–Crippen LogP) is 3.44. The van der Waals surface area contributed by atoms with Crippen molar-refractivity contribution in [1.82, 2.24) is 4.98 Å². The van der Waals surface area contributed by atoms with Gasteiger partial charge in [-0.05, 0) is 48.9 Å². The predicted molar refractivity (Wildman–Crippen MR) is 94.8 cm³/mol. The Bertz CT molecular complexity index is 799. The van der Waals surface area contributed by atoms with Crippen LogP contribution in [0.3, 0.4) is 0 Å². The number of aromatic nitrogens is 1. The van der Waals surface area contributed by atoms with Gasteiger partial charge < -0.3 is 15.2 Å². The largest absolute Gasteiger partial charge is 0.474 e. The lowest BCUT2D eigenvalue weighted by Crippen LogP contribution is -2.41. The molecule has 1 aromatic heterocycles. The van der Waals surface area contributed by atoms with Gasteiger partial charge in [0.05, 0.1) is 17.0 Å². The molecule has 1 spiro atoms. The SMILES string of the molecule is O=C1Nc2ccc(CO)cc2C12CCC(Oc1ccc(Cl)cn1)CC2. The van der Waals surface area contributed by atoms with Gasteiger partial charge in [-0.3, -0.25) is 4.79 Å². The lowest BCUT2D eigenvalue weighted by molar-refractivity contribution is -0.122. The summed E-state index contributed by atoms with van der Waals surface area (Å²) in [4.78, 5) is 16.8. The Hall–Kier alpha value is -2.11. The fraction of sp³-hybridized carbons (Fsp3) is 0.368. The maximum absolute atomic E-state index is 12.7. The summed E-state index contributed by atoms with van der Waals surface area (Å²) in [5.41, 5.74) is 2.19. The molecule has 2 N–H and O–H groups in total. The molecule has 1 amide bonds. The number of carbonyl (C=O) groups is 1. The number of hydrogen-bond acceptors (Lipinski definition) is 4. The number of fused-ring (bicyclic) bond motifs is 2. The van der Waals surface area contributed by atoms with E-state index in [2.05, 4.69) is 10.3 Å². The number of carbonyl (C=O) groups excluding carboxylic acids is 1. The minimum atomic E-state index is -0.506. The zero-order chi connectivity index (χ0) is 17.4. The molecule has 2 heterocycles. The van der Waals surface area contributed by atoms with Crippen LogP contribution in [0.1, 0.15) is 36.8 Å². The number of aliphatic hydroxyl groups excluding tert-OH is 1. The molecule has 1 aliphatic carbocycles. The third-order valence-corrected chi connectivity index (χ3v) is 5.46. The van der Waals surface area contributed by atoms with Gasteiger partial charge in [0.2, 0.25) is 11.8 Å². The Kier molecular flexibility index (Phi) is 4.13. The summed E-state index contributed by atoms with van der Waals surface area (Å²) in [6, 6.07) is 9.20. The number of ether oxygens (including phenoxy) is 1. The molecule has 4 rings (SSSR count). The number of rotatable bonds is 3. The van der Waals surface area contributed by atoms with Gasteiger partial charge in [-0.2, -0.15) is 0 Å². The summed E-state index contributed by atoms with van der Waals surface area (Å²) in [6.45, 7) is -0.0223. The number of aliphatic hydroxyl groups is 1. The van der Waals surface area contributed by atoms with Crippen molar-refractivity contribution in [2.45, 2.75) is 43.8 Å². The first-order valence-electron chi connectivity index (χ1n) is 8.45. The van der Waals surface area contributed by atoms with E-state index in [0.29, 0.717) is 10.9 Å². The maximum Gasteiger partial charge on any atom is 0.235 e. The number of pyridine rings is 1. The van der Waals surface area contributed by atoms with E-state index in [1.54, 1.807) is 18.3 Å². The van der Waals surface area contributed by atoms with E-state index in [4.69, 9.17) is 16.3 Å². The lowest BCUT2D eigenvalue weighted by atomic mass is 9.69. The highest BCUT2D eigenvalue weighted by atomic mass is 35.5. The van der Waals surface area contributed by atoms with Gasteiger partial charge >= 0.3 is 0 Å². The van der Waals surface area contributed by atoms with E-state index in [0.717, 1.165) is 42.5 Å². The average molecular weight is 359 g/mol. The molecule has 130 valence electrons. The molecule has 25 heavy (non-hydrogen) atoms. The van der Waals surface area contributed by atoms with Crippen LogP contribution in [0.4, 0.5) is 5.69 Å². The van der Waals surface area contributed by atoms with E-state index in [1.807, 2.05) is 18.2 Å². The molecule has 6 heteroatoms. The second-order valence-corrected chi connectivity index (χ2v) is 7.14. The van der Waals surface area contributed by atoms with Crippen LogP contribution < -0.4 is 10.1 Å². The fourth-order valence-electron chi connectivity index (χ4n) is 3.86. The number of nitrogens with one attached hydrogen (secondary N) is 1. The maximum atomic E-state index is 12.7. The number of hydrogen-bond donors (Lipinski definition) is 2. The summed E-state index contributed by atoms with van der Waals surface area (Å²) in [7, 11) is 0. The van der Waals surface area contributed by atoms with Gasteiger partial charge in [0.25, 0.3) is 0 Å². The van der Waals surface area contributed by atoms with Gasteiger partial charge in [0.1, 0.15) is 6.10 Å². The van der Waals surface area contributed by atoms with Crippen molar-refractivity contribution in [1.29, 1.82) is 0 Å². The molecule has 1 aliphatic heterocycles. The second kappa shape index (κ2) is 6.32. The van der Waals surface area contributed by atoms with E-state index in [-0.39, 0.29) is 18.6 Å². The van der Waals surface area contributed by atoms with Gasteiger partial charge in [0.15, 0.2) is 0 Å². The Labute approximate surface area is 151 Å². The number of anilines is 1. The van der Waals surface area contributed by atoms with Crippen molar-refractivity contribution >= 4 is 23.2 Å². The molecular weight excluding hydrogens is 340 g/mol. The third kappa shape index (κ3) is 2.87. The van der Waals surface area contributed by atoms with Crippen LogP contribution in [0.5, 0.6) is 5.88 Å². The van der Waals surface area contributed by atoms with E-state index >= 15 is 0 Å². The summed E-state index contributed by atoms with van der Waals surface area (Å²) < 4.78 is 5.94. The molecule has 1 aromatic carbocycles. The van der Waals surface area contributed by atoms with E-state index < -0.39 is 5.41 Å². The molecule has 1 fully saturated rings. The van der Waals surface area contributed by atoms with Crippen LogP contribution in [-0.2, 0) is 16.8 Å². The first-order valence-corrected chi connectivity index (χ1v) is 8.82. The van der Waals surface area contributed by atoms with Crippen LogP contribution in [0.15, 0.2) is 36.5 Å². The Morgan fingerprint density at radius 2 is 2.08 bits per heavy atom. The van der Waals surface area contributed by atoms with Crippen LogP contribution in [0, 0.1) is 0 Å². The van der Waals surface area contributed by atoms with Gasteiger partial charge in [-0.25, -0.2) is 4.98 Å². The van der Waals surface area contributed by atoms with Crippen LogP contribution in [0.2, 0.25) is 5.02 Å². The number of halogens is 1. The highest BCUT2D eigenvalue weighted by molar-refractivity contribution is 6.30. The topological polar surface area (TPSA) is 71.5 Å². The van der Waals surface area contributed by atoms with Crippen LogP contribution >= 0.6 is 11.6 Å².